The molecule has 41 heavy (non-hydrogen) atoms. The molecular formula is C27H32N4O10. The predicted octanol–water partition coefficient (Wildman–Crippen LogP) is 1.76. The van der Waals surface area contributed by atoms with Crippen LogP contribution < -0.4 is 18.9 Å². The van der Waals surface area contributed by atoms with Gasteiger partial charge in [-0.2, -0.15) is 0 Å². The Balaban J connectivity index is 1.29. The second kappa shape index (κ2) is 13.2. The second-order valence-electron chi connectivity index (χ2n) is 9.54. The van der Waals surface area contributed by atoms with E-state index in [1.54, 1.807) is 21.9 Å². The summed E-state index contributed by atoms with van der Waals surface area (Å²) in [6.07, 6.45) is -0.104. The van der Waals surface area contributed by atoms with Crippen molar-refractivity contribution in [3.05, 3.63) is 34.6 Å². The maximum Gasteiger partial charge on any atom is 0.303 e. The summed E-state index contributed by atoms with van der Waals surface area (Å²) in [6, 6.07) is 3.55. The minimum atomic E-state index is -1.02. The summed E-state index contributed by atoms with van der Waals surface area (Å²) in [7, 11) is 2.97. The van der Waals surface area contributed by atoms with Gasteiger partial charge in [0.25, 0.3) is 11.8 Å². The Morgan fingerprint density at radius 1 is 0.707 bits per heavy atom. The number of pyridine rings is 2. The molecule has 4 rings (SSSR count). The fourth-order valence-electron chi connectivity index (χ4n) is 4.54. The molecule has 0 aliphatic carbocycles. The van der Waals surface area contributed by atoms with Crippen molar-refractivity contribution in [2.75, 3.05) is 27.4 Å². The van der Waals surface area contributed by atoms with E-state index < -0.39 is 11.9 Å². The number of carboxylic acid groups (broad SMARTS) is 2. The van der Waals surface area contributed by atoms with Crippen LogP contribution in [-0.4, -0.2) is 81.2 Å². The molecule has 14 nitrogen and oxygen atoms in total. The van der Waals surface area contributed by atoms with Crippen LogP contribution in [0.25, 0.3) is 0 Å². The number of hydrogen-bond acceptors (Lipinski definition) is 10. The van der Waals surface area contributed by atoms with Crippen LogP contribution in [0.5, 0.6) is 23.3 Å². The summed E-state index contributed by atoms with van der Waals surface area (Å²) in [5.74, 6) is -1.12. The number of nitrogens with zero attached hydrogens (tertiary/aromatic N) is 4. The Hall–Kier alpha value is -4.62. The lowest BCUT2D eigenvalue weighted by atomic mass is 10.2. The highest BCUT2D eigenvalue weighted by Crippen LogP contribution is 2.34. The Bertz CT molecular complexity index is 1230. The third-order valence-corrected chi connectivity index (χ3v) is 6.66. The first-order valence-corrected chi connectivity index (χ1v) is 13.1. The average Bonchev–Trinajstić information content (AvgIpc) is 3.56. The lowest BCUT2D eigenvalue weighted by Gasteiger charge is -2.14. The van der Waals surface area contributed by atoms with Crippen LogP contribution in [0, 0.1) is 0 Å². The summed E-state index contributed by atoms with van der Waals surface area (Å²) in [4.78, 5) is 58.3. The monoisotopic (exact) mass is 572 g/mol. The number of methoxy groups -OCH3 is 2. The lowest BCUT2D eigenvalue weighted by Crippen LogP contribution is -2.25. The van der Waals surface area contributed by atoms with Gasteiger partial charge in [0.1, 0.15) is 0 Å². The number of carboxylic acids is 2. The van der Waals surface area contributed by atoms with Gasteiger partial charge in [-0.3, -0.25) is 19.2 Å². The van der Waals surface area contributed by atoms with E-state index in [2.05, 4.69) is 9.97 Å². The highest BCUT2D eigenvalue weighted by atomic mass is 16.5. The molecule has 0 atom stereocenters. The lowest BCUT2D eigenvalue weighted by molar-refractivity contribution is -0.141. The number of rotatable bonds is 14. The van der Waals surface area contributed by atoms with E-state index in [0.717, 1.165) is 11.1 Å². The van der Waals surface area contributed by atoms with Crippen molar-refractivity contribution in [3.8, 4) is 23.3 Å². The topological polar surface area (TPSA) is 178 Å². The molecule has 2 N–H and O–H groups in total. The Labute approximate surface area is 235 Å². The molecule has 0 fully saturated rings. The highest BCUT2D eigenvalue weighted by molar-refractivity contribution is 5.81. The van der Waals surface area contributed by atoms with Gasteiger partial charge in [0.2, 0.25) is 11.8 Å². The molecule has 4 heterocycles. The molecule has 0 aromatic carbocycles. The van der Waals surface area contributed by atoms with Crippen molar-refractivity contribution in [1.29, 1.82) is 0 Å². The molecule has 2 aliphatic rings. The fourth-order valence-corrected chi connectivity index (χ4v) is 4.54. The zero-order valence-electron chi connectivity index (χ0n) is 22.9. The van der Waals surface area contributed by atoms with E-state index in [0.29, 0.717) is 42.4 Å². The number of amides is 2. The highest BCUT2D eigenvalue weighted by Gasteiger charge is 2.28. The van der Waals surface area contributed by atoms with Crippen LogP contribution in [0.2, 0.25) is 0 Å². The number of aliphatic carboxylic acids is 2. The van der Waals surface area contributed by atoms with E-state index in [4.69, 9.17) is 29.2 Å². The largest absolute Gasteiger partial charge is 0.491 e. The van der Waals surface area contributed by atoms with Gasteiger partial charge in [0, 0.05) is 32.4 Å². The first-order valence-electron chi connectivity index (χ1n) is 13.1. The minimum Gasteiger partial charge on any atom is -0.491 e. The van der Waals surface area contributed by atoms with Crippen molar-refractivity contribution in [2.45, 2.75) is 58.3 Å². The number of hydrogen-bond donors (Lipinski definition) is 2. The zero-order valence-corrected chi connectivity index (χ0v) is 22.9. The molecule has 2 amide bonds. The molecule has 2 aromatic rings. The summed E-state index contributed by atoms with van der Waals surface area (Å²) in [6.45, 7) is 1.73. The summed E-state index contributed by atoms with van der Waals surface area (Å²) in [5.41, 5.74) is 2.98. The third kappa shape index (κ3) is 7.32. The number of carbonyl (C=O) groups is 4. The normalized spacial score (nSPS) is 13.4. The molecule has 0 saturated heterocycles. The van der Waals surface area contributed by atoms with E-state index in [1.807, 2.05) is 0 Å². The Kier molecular flexibility index (Phi) is 9.42. The maximum atomic E-state index is 12.3. The van der Waals surface area contributed by atoms with Gasteiger partial charge in [-0.25, -0.2) is 9.97 Å². The van der Waals surface area contributed by atoms with Crippen LogP contribution in [0.3, 0.4) is 0 Å². The molecule has 0 radical (unpaired) electrons. The fraction of sp³-hybridized carbons (Fsp3) is 0.481. The molecule has 0 bridgehead atoms. The average molecular weight is 573 g/mol. The van der Waals surface area contributed by atoms with Gasteiger partial charge in [0.15, 0.2) is 11.5 Å². The number of carbonyl (C=O) groups excluding carboxylic acids is 2. The number of aromatic nitrogens is 2. The van der Waals surface area contributed by atoms with Crippen molar-refractivity contribution >= 4 is 23.8 Å². The minimum absolute atomic E-state index is 0.0719. The zero-order chi connectivity index (χ0) is 29.5. The van der Waals surface area contributed by atoms with Crippen LogP contribution in [0.4, 0.5) is 0 Å². The van der Waals surface area contributed by atoms with Crippen LogP contribution in [-0.2, 0) is 45.4 Å². The van der Waals surface area contributed by atoms with Crippen LogP contribution in [0.15, 0.2) is 12.1 Å². The van der Waals surface area contributed by atoms with Gasteiger partial charge in [0.05, 0.1) is 64.8 Å². The first-order chi connectivity index (χ1) is 19.7. The van der Waals surface area contributed by atoms with E-state index in [-0.39, 0.29) is 75.6 Å². The number of fused-ring (bicyclic) bond motifs is 2. The Morgan fingerprint density at radius 2 is 1.22 bits per heavy atom. The van der Waals surface area contributed by atoms with E-state index >= 15 is 0 Å². The van der Waals surface area contributed by atoms with Crippen molar-refractivity contribution in [1.82, 2.24) is 19.8 Å². The van der Waals surface area contributed by atoms with Gasteiger partial charge < -0.3 is 39.0 Å². The number of ether oxygens (including phenoxy) is 4. The van der Waals surface area contributed by atoms with Crippen molar-refractivity contribution in [3.63, 3.8) is 0 Å². The molecule has 2 aromatic heterocycles. The summed E-state index contributed by atoms with van der Waals surface area (Å²) in [5, 5.41) is 17.7. The first kappa shape index (κ1) is 29.4. The molecule has 220 valence electrons. The van der Waals surface area contributed by atoms with Crippen molar-refractivity contribution in [2.24, 2.45) is 0 Å². The van der Waals surface area contributed by atoms with E-state index in [1.165, 1.54) is 14.2 Å². The smallest absolute Gasteiger partial charge is 0.303 e. The molecule has 0 unspecified atom stereocenters. The van der Waals surface area contributed by atoms with Crippen molar-refractivity contribution < 1.29 is 48.3 Å². The second-order valence-corrected chi connectivity index (χ2v) is 9.54. The molecule has 14 heteroatoms. The van der Waals surface area contributed by atoms with Gasteiger partial charge >= 0.3 is 11.9 Å². The summed E-state index contributed by atoms with van der Waals surface area (Å²) >= 11 is 0. The Morgan fingerprint density at radius 3 is 1.73 bits per heavy atom. The van der Waals surface area contributed by atoms with Crippen LogP contribution in [0.1, 0.15) is 54.6 Å². The standard InChI is InChI=1S/C27H32N4O10/c1-38-20-10-16-12-30(22(32)4-6-24(34)35)15-19(16)29-27(20)41-9-3-8-40-21-11-17-13-31(23(33)5-7-25(36)37)14-18(17)28-26(21)39-2/h10-11H,3-9,12-15H2,1-2H3,(H,34,35)(H,36,37). The molecule has 0 saturated carbocycles. The molecule has 2 aliphatic heterocycles. The predicted molar refractivity (Wildman–Crippen MR) is 139 cm³/mol. The quantitative estimate of drug-likeness (QED) is 0.314. The maximum absolute atomic E-state index is 12.3. The van der Waals surface area contributed by atoms with E-state index in [9.17, 15) is 19.2 Å². The SMILES string of the molecule is COc1cc2c(nc1OCCCOc1cc3c(nc1OC)CN(C(=O)CCC(=O)O)C3)CN(C(=O)CCC(=O)O)C2. The van der Waals surface area contributed by atoms with Gasteiger partial charge in [-0.15, -0.1) is 0 Å². The molecule has 0 spiro atoms. The van der Waals surface area contributed by atoms with Crippen LogP contribution >= 0.6 is 0 Å². The third-order valence-electron chi connectivity index (χ3n) is 6.66. The molecular weight excluding hydrogens is 540 g/mol. The van der Waals surface area contributed by atoms with Gasteiger partial charge in [-0.1, -0.05) is 0 Å². The van der Waals surface area contributed by atoms with Gasteiger partial charge in [-0.05, 0) is 23.3 Å². The summed E-state index contributed by atoms with van der Waals surface area (Å²) < 4.78 is 22.5.